The quantitative estimate of drug-likeness (QED) is 0.731. The fourth-order valence-corrected chi connectivity index (χ4v) is 1.86. The fraction of sp³-hybridized carbons (Fsp3) is 0.308. The number of carbonyl (C=O) groups is 3. The normalized spacial score (nSPS) is 15.4. The van der Waals surface area contributed by atoms with Gasteiger partial charge in [0.25, 0.3) is 11.8 Å². The van der Waals surface area contributed by atoms with E-state index in [0.29, 0.717) is 17.7 Å². The molecule has 1 heterocycles. The van der Waals surface area contributed by atoms with Crippen molar-refractivity contribution in [3.8, 4) is 0 Å². The summed E-state index contributed by atoms with van der Waals surface area (Å²) >= 11 is 0. The highest BCUT2D eigenvalue weighted by Gasteiger charge is 2.36. The molecule has 0 fully saturated rings. The predicted octanol–water partition coefficient (Wildman–Crippen LogP) is -0.254. The number of nitrogens with one attached hydrogen (secondary N) is 1. The maximum Gasteiger partial charge on any atom is 0.262 e. The molecular weight excluding hydrogens is 246 g/mol. The van der Waals surface area contributed by atoms with Gasteiger partial charge in [-0.15, -0.1) is 0 Å². The molecule has 1 unspecified atom stereocenters. The van der Waals surface area contributed by atoms with Gasteiger partial charge >= 0.3 is 0 Å². The van der Waals surface area contributed by atoms with E-state index >= 15 is 0 Å². The third-order valence-corrected chi connectivity index (χ3v) is 2.80. The Morgan fingerprint density at radius 1 is 1.26 bits per heavy atom. The first-order valence-corrected chi connectivity index (χ1v) is 5.98. The van der Waals surface area contributed by atoms with Crippen LogP contribution in [0.5, 0.6) is 0 Å². The molecule has 0 saturated carbocycles. The Morgan fingerprint density at radius 2 is 1.79 bits per heavy atom. The van der Waals surface area contributed by atoms with Gasteiger partial charge in [-0.3, -0.25) is 19.3 Å². The lowest BCUT2D eigenvalue weighted by atomic mass is 10.1. The van der Waals surface area contributed by atoms with Crippen LogP contribution in [-0.2, 0) is 4.79 Å². The molecule has 0 aliphatic carbocycles. The Hall–Kier alpha value is -2.21. The van der Waals surface area contributed by atoms with E-state index in [1.807, 2.05) is 0 Å². The van der Waals surface area contributed by atoms with Gasteiger partial charge in [0.05, 0.1) is 11.1 Å². The van der Waals surface area contributed by atoms with Gasteiger partial charge in [0.1, 0.15) is 6.54 Å². The van der Waals surface area contributed by atoms with E-state index in [1.165, 1.54) is 0 Å². The Kier molecular flexibility index (Phi) is 3.62. The summed E-state index contributed by atoms with van der Waals surface area (Å²) < 4.78 is 0. The molecule has 3 N–H and O–H groups in total. The highest BCUT2D eigenvalue weighted by Crippen LogP contribution is 2.21. The zero-order chi connectivity index (χ0) is 14.0. The molecule has 6 nitrogen and oxygen atoms in total. The fourth-order valence-electron chi connectivity index (χ4n) is 1.86. The van der Waals surface area contributed by atoms with Crippen LogP contribution in [0.3, 0.4) is 0 Å². The number of amides is 3. The summed E-state index contributed by atoms with van der Waals surface area (Å²) in [6.45, 7) is 1.78. The maximum absolute atomic E-state index is 12.0. The molecule has 0 radical (unpaired) electrons. The molecule has 100 valence electrons. The first kappa shape index (κ1) is 13.2. The predicted molar refractivity (Wildman–Crippen MR) is 68.5 cm³/mol. The third kappa shape index (κ3) is 2.63. The van der Waals surface area contributed by atoms with Crippen molar-refractivity contribution in [1.82, 2.24) is 10.2 Å². The van der Waals surface area contributed by atoms with Crippen molar-refractivity contribution in [1.29, 1.82) is 0 Å². The lowest BCUT2D eigenvalue weighted by molar-refractivity contribution is -0.121. The van der Waals surface area contributed by atoms with Gasteiger partial charge in [0, 0.05) is 12.6 Å². The van der Waals surface area contributed by atoms with Crippen molar-refractivity contribution < 1.29 is 14.4 Å². The van der Waals surface area contributed by atoms with Gasteiger partial charge in [0.15, 0.2) is 0 Å². The molecule has 1 aliphatic heterocycles. The van der Waals surface area contributed by atoms with E-state index in [1.54, 1.807) is 31.2 Å². The number of carbonyl (C=O) groups excluding carboxylic acids is 3. The minimum absolute atomic E-state index is 0.175. The van der Waals surface area contributed by atoms with Crippen molar-refractivity contribution in [3.05, 3.63) is 35.4 Å². The van der Waals surface area contributed by atoms with Gasteiger partial charge in [-0.05, 0) is 19.1 Å². The van der Waals surface area contributed by atoms with Gasteiger partial charge in [0.2, 0.25) is 5.91 Å². The molecule has 1 aliphatic rings. The van der Waals surface area contributed by atoms with E-state index in [0.717, 1.165) is 4.90 Å². The van der Waals surface area contributed by atoms with Gasteiger partial charge in [-0.25, -0.2) is 0 Å². The topological polar surface area (TPSA) is 92.5 Å². The number of fused-ring (bicyclic) bond motifs is 1. The SMILES string of the molecule is CC(N)CNC(=O)CN1C(=O)c2ccccc2C1=O. The number of nitrogens with two attached hydrogens (primary N) is 1. The molecule has 0 saturated heterocycles. The number of nitrogens with zero attached hydrogens (tertiary/aromatic N) is 1. The van der Waals surface area contributed by atoms with Crippen molar-refractivity contribution in [2.45, 2.75) is 13.0 Å². The van der Waals surface area contributed by atoms with Crippen LogP contribution < -0.4 is 11.1 Å². The summed E-state index contributed by atoms with van der Waals surface area (Å²) in [5.74, 6) is -1.26. The summed E-state index contributed by atoms with van der Waals surface area (Å²) in [6, 6.07) is 6.35. The number of rotatable bonds is 4. The molecule has 2 rings (SSSR count). The standard InChI is InChI=1S/C13H15N3O3/c1-8(14)6-15-11(17)7-16-12(18)9-4-2-3-5-10(9)13(16)19/h2-5,8H,6-7,14H2,1H3,(H,15,17). The summed E-state index contributed by atoms with van der Waals surface area (Å²) in [7, 11) is 0. The van der Waals surface area contributed by atoms with Gasteiger partial charge in [-0.2, -0.15) is 0 Å². The number of hydrogen-bond acceptors (Lipinski definition) is 4. The second-order valence-corrected chi connectivity index (χ2v) is 4.52. The van der Waals surface area contributed by atoms with Crippen LogP contribution in [0.1, 0.15) is 27.6 Å². The van der Waals surface area contributed by atoms with Gasteiger partial charge < -0.3 is 11.1 Å². The zero-order valence-corrected chi connectivity index (χ0v) is 10.6. The van der Waals surface area contributed by atoms with Crippen molar-refractivity contribution in [3.63, 3.8) is 0 Å². The van der Waals surface area contributed by atoms with E-state index in [4.69, 9.17) is 5.73 Å². The number of benzene rings is 1. The zero-order valence-electron chi connectivity index (χ0n) is 10.6. The molecular formula is C13H15N3O3. The van der Waals surface area contributed by atoms with E-state index in [2.05, 4.69) is 5.32 Å². The number of imide groups is 1. The maximum atomic E-state index is 12.0. The minimum atomic E-state index is -0.434. The highest BCUT2D eigenvalue weighted by molar-refractivity contribution is 6.22. The summed E-state index contributed by atoms with van der Waals surface area (Å²) in [5.41, 5.74) is 6.19. The van der Waals surface area contributed by atoms with Crippen molar-refractivity contribution in [2.75, 3.05) is 13.1 Å². The Labute approximate surface area is 110 Å². The molecule has 6 heteroatoms. The lowest BCUT2D eigenvalue weighted by Gasteiger charge is -2.14. The smallest absolute Gasteiger partial charge is 0.262 e. The third-order valence-electron chi connectivity index (χ3n) is 2.80. The van der Waals surface area contributed by atoms with Crippen LogP contribution in [0.25, 0.3) is 0 Å². The van der Waals surface area contributed by atoms with Crippen LogP contribution in [0.4, 0.5) is 0 Å². The van der Waals surface area contributed by atoms with Crippen LogP contribution in [0.2, 0.25) is 0 Å². The van der Waals surface area contributed by atoms with E-state index in [9.17, 15) is 14.4 Å². The second-order valence-electron chi connectivity index (χ2n) is 4.52. The first-order chi connectivity index (χ1) is 9.00. The molecule has 3 amide bonds. The molecule has 19 heavy (non-hydrogen) atoms. The Morgan fingerprint density at radius 3 is 2.26 bits per heavy atom. The minimum Gasteiger partial charge on any atom is -0.353 e. The lowest BCUT2D eigenvalue weighted by Crippen LogP contribution is -2.43. The molecule has 0 aromatic heterocycles. The molecule has 0 bridgehead atoms. The van der Waals surface area contributed by atoms with E-state index < -0.39 is 17.7 Å². The molecule has 0 spiro atoms. The van der Waals surface area contributed by atoms with Crippen LogP contribution in [0.15, 0.2) is 24.3 Å². The van der Waals surface area contributed by atoms with Crippen molar-refractivity contribution in [2.24, 2.45) is 5.73 Å². The van der Waals surface area contributed by atoms with E-state index in [-0.39, 0.29) is 12.6 Å². The average molecular weight is 261 g/mol. The Bertz CT molecular complexity index is 505. The molecule has 1 aromatic carbocycles. The highest BCUT2D eigenvalue weighted by atomic mass is 16.2. The number of hydrogen-bond donors (Lipinski definition) is 2. The van der Waals surface area contributed by atoms with Crippen LogP contribution >= 0.6 is 0 Å². The molecule has 1 atom stereocenters. The van der Waals surface area contributed by atoms with Crippen LogP contribution in [-0.4, -0.2) is 41.8 Å². The first-order valence-electron chi connectivity index (χ1n) is 5.98. The summed E-state index contributed by atoms with van der Waals surface area (Å²) in [5, 5.41) is 2.57. The van der Waals surface area contributed by atoms with Crippen molar-refractivity contribution >= 4 is 17.7 Å². The summed E-state index contributed by atoms with van der Waals surface area (Å²) in [4.78, 5) is 36.5. The average Bonchev–Trinajstić information content (AvgIpc) is 2.62. The second kappa shape index (κ2) is 5.19. The monoisotopic (exact) mass is 261 g/mol. The Balaban J connectivity index is 2.06. The molecule has 1 aromatic rings. The van der Waals surface area contributed by atoms with Gasteiger partial charge in [-0.1, -0.05) is 12.1 Å². The van der Waals surface area contributed by atoms with Crippen LogP contribution in [0, 0.1) is 0 Å². The largest absolute Gasteiger partial charge is 0.353 e. The summed E-state index contributed by atoms with van der Waals surface area (Å²) in [6.07, 6.45) is 0.